The zero-order valence-electron chi connectivity index (χ0n) is 20.4. The summed E-state index contributed by atoms with van der Waals surface area (Å²) in [5.74, 6) is 1.53. The van der Waals surface area contributed by atoms with Crippen molar-refractivity contribution in [2.75, 3.05) is 46.2 Å². The summed E-state index contributed by atoms with van der Waals surface area (Å²) >= 11 is 0. The van der Waals surface area contributed by atoms with Gasteiger partial charge in [-0.1, -0.05) is 19.1 Å². The number of benzene rings is 2. The molecule has 1 unspecified atom stereocenters. The highest BCUT2D eigenvalue weighted by Gasteiger charge is 2.22. The number of likely N-dealkylation sites (tertiary alicyclic amines) is 1. The average molecular weight is 453 g/mol. The van der Waals surface area contributed by atoms with Gasteiger partial charge in [0.15, 0.2) is 0 Å². The van der Waals surface area contributed by atoms with Gasteiger partial charge < -0.3 is 25.2 Å². The van der Waals surface area contributed by atoms with Crippen molar-refractivity contribution in [2.24, 2.45) is 5.92 Å². The molecule has 2 aromatic rings. The summed E-state index contributed by atoms with van der Waals surface area (Å²) in [6.45, 7) is 6.19. The van der Waals surface area contributed by atoms with Crippen LogP contribution in [0.3, 0.4) is 0 Å². The Balaban J connectivity index is 1.59. The predicted molar refractivity (Wildman–Crippen MR) is 132 cm³/mol. The van der Waals surface area contributed by atoms with Gasteiger partial charge in [-0.15, -0.1) is 0 Å². The van der Waals surface area contributed by atoms with Crippen molar-refractivity contribution in [2.45, 2.75) is 32.7 Å². The number of hydrogen-bond acceptors (Lipinski definition) is 4. The summed E-state index contributed by atoms with van der Waals surface area (Å²) in [4.78, 5) is 29.4. The standard InChI is InChI=1S/C26H36N4O3/c1-18-11-13-30(14-12-18)25(31)21-9-10-23(19(2)15-21)28-26(32)27-17-24(29(3)4)20-7-6-8-22(16-20)33-5/h6-10,15-16,18,24H,11-14,17H2,1-5H3,(H2,27,28,32). The Morgan fingerprint density at radius 2 is 1.88 bits per heavy atom. The van der Waals surface area contributed by atoms with Crippen LogP contribution in [0, 0.1) is 12.8 Å². The second kappa shape index (κ2) is 11.2. The lowest BCUT2D eigenvalue weighted by molar-refractivity contribution is 0.0697. The first-order valence-electron chi connectivity index (χ1n) is 11.5. The van der Waals surface area contributed by atoms with E-state index in [2.05, 4.69) is 22.5 Å². The molecule has 0 radical (unpaired) electrons. The third-order valence-electron chi connectivity index (χ3n) is 6.35. The van der Waals surface area contributed by atoms with E-state index in [9.17, 15) is 9.59 Å². The maximum absolute atomic E-state index is 12.8. The molecule has 2 N–H and O–H groups in total. The molecule has 1 fully saturated rings. The molecule has 1 heterocycles. The van der Waals surface area contributed by atoms with Gasteiger partial charge in [-0.25, -0.2) is 4.79 Å². The first-order valence-corrected chi connectivity index (χ1v) is 11.5. The number of nitrogens with zero attached hydrogens (tertiary/aromatic N) is 2. The van der Waals surface area contributed by atoms with Gasteiger partial charge >= 0.3 is 6.03 Å². The number of carbonyl (C=O) groups is 2. The van der Waals surface area contributed by atoms with Crippen molar-refractivity contribution in [1.82, 2.24) is 15.1 Å². The van der Waals surface area contributed by atoms with Crippen LogP contribution in [0.4, 0.5) is 10.5 Å². The van der Waals surface area contributed by atoms with Crippen molar-refractivity contribution in [1.29, 1.82) is 0 Å². The van der Waals surface area contributed by atoms with Gasteiger partial charge in [0.1, 0.15) is 5.75 Å². The fourth-order valence-corrected chi connectivity index (χ4v) is 4.13. The lowest BCUT2D eigenvalue weighted by Gasteiger charge is -2.30. The molecular weight excluding hydrogens is 416 g/mol. The largest absolute Gasteiger partial charge is 0.497 e. The third kappa shape index (κ3) is 6.48. The van der Waals surface area contributed by atoms with Gasteiger partial charge in [0.05, 0.1) is 13.2 Å². The van der Waals surface area contributed by atoms with Crippen molar-refractivity contribution >= 4 is 17.6 Å². The lowest BCUT2D eigenvalue weighted by atomic mass is 9.98. The number of methoxy groups -OCH3 is 1. The zero-order chi connectivity index (χ0) is 24.0. The molecule has 0 spiro atoms. The maximum Gasteiger partial charge on any atom is 0.319 e. The summed E-state index contributed by atoms with van der Waals surface area (Å²) in [5, 5.41) is 5.87. The quantitative estimate of drug-likeness (QED) is 0.657. The van der Waals surface area contributed by atoms with E-state index in [0.717, 1.165) is 42.8 Å². The minimum absolute atomic E-state index is 0.000736. The highest BCUT2D eigenvalue weighted by atomic mass is 16.5. The molecule has 1 aliphatic rings. The number of hydrogen-bond donors (Lipinski definition) is 2. The minimum Gasteiger partial charge on any atom is -0.497 e. The van der Waals surface area contributed by atoms with Gasteiger partial charge in [0.25, 0.3) is 5.91 Å². The van der Waals surface area contributed by atoms with Crippen LogP contribution in [0.25, 0.3) is 0 Å². The Morgan fingerprint density at radius 1 is 1.15 bits per heavy atom. The number of urea groups is 1. The van der Waals surface area contributed by atoms with Crippen LogP contribution in [-0.4, -0.2) is 62.6 Å². The van der Waals surface area contributed by atoms with Gasteiger partial charge in [-0.05, 0) is 81.2 Å². The Bertz CT molecular complexity index is 968. The Hall–Kier alpha value is -3.06. The number of likely N-dealkylation sites (N-methyl/N-ethyl adjacent to an activating group) is 1. The molecule has 0 aromatic heterocycles. The predicted octanol–water partition coefficient (Wildman–Crippen LogP) is 4.30. The highest BCUT2D eigenvalue weighted by Crippen LogP contribution is 2.23. The summed E-state index contributed by atoms with van der Waals surface area (Å²) in [5.41, 5.74) is 3.28. The maximum atomic E-state index is 12.8. The van der Waals surface area contributed by atoms with Crippen LogP contribution < -0.4 is 15.4 Å². The van der Waals surface area contributed by atoms with Crippen LogP contribution in [-0.2, 0) is 0 Å². The molecule has 1 atom stereocenters. The molecule has 7 heteroatoms. The molecule has 33 heavy (non-hydrogen) atoms. The van der Waals surface area contributed by atoms with Crippen molar-refractivity contribution in [3.8, 4) is 5.75 Å². The number of piperidine rings is 1. The van der Waals surface area contributed by atoms with E-state index in [-0.39, 0.29) is 18.0 Å². The molecule has 0 aliphatic carbocycles. The Morgan fingerprint density at radius 3 is 2.52 bits per heavy atom. The normalized spacial score (nSPS) is 15.3. The summed E-state index contributed by atoms with van der Waals surface area (Å²) in [7, 11) is 5.60. The van der Waals surface area contributed by atoms with Gasteiger partial charge in [0.2, 0.25) is 0 Å². The topological polar surface area (TPSA) is 73.9 Å². The third-order valence-corrected chi connectivity index (χ3v) is 6.35. The first kappa shape index (κ1) is 24.6. The molecular formula is C26H36N4O3. The van der Waals surface area contributed by atoms with Crippen LogP contribution in [0.1, 0.15) is 47.3 Å². The minimum atomic E-state index is -0.281. The summed E-state index contributed by atoms with van der Waals surface area (Å²) < 4.78 is 5.33. The van der Waals surface area contributed by atoms with E-state index in [4.69, 9.17) is 4.74 Å². The molecule has 1 aliphatic heterocycles. The number of amides is 3. The van der Waals surface area contributed by atoms with E-state index in [1.165, 1.54) is 0 Å². The molecule has 2 aromatic carbocycles. The Labute approximate surface area is 197 Å². The van der Waals surface area contributed by atoms with Crippen LogP contribution in [0.2, 0.25) is 0 Å². The second-order valence-corrected chi connectivity index (χ2v) is 9.10. The Kier molecular flexibility index (Phi) is 8.33. The van der Waals surface area contributed by atoms with E-state index in [1.807, 2.05) is 56.3 Å². The van der Waals surface area contributed by atoms with Gasteiger partial charge in [-0.2, -0.15) is 0 Å². The summed E-state index contributed by atoms with van der Waals surface area (Å²) in [6.07, 6.45) is 2.10. The molecule has 0 saturated carbocycles. The van der Waals surface area contributed by atoms with Crippen LogP contribution in [0.5, 0.6) is 5.75 Å². The monoisotopic (exact) mass is 452 g/mol. The molecule has 3 rings (SSSR count). The number of aryl methyl sites for hydroxylation is 1. The van der Waals surface area contributed by atoms with Crippen molar-refractivity contribution < 1.29 is 14.3 Å². The molecule has 3 amide bonds. The molecule has 178 valence electrons. The van der Waals surface area contributed by atoms with Crippen molar-refractivity contribution in [3.05, 3.63) is 59.2 Å². The molecule has 0 bridgehead atoms. The molecule has 7 nitrogen and oxygen atoms in total. The SMILES string of the molecule is COc1cccc(C(CNC(=O)Nc2ccc(C(=O)N3CCC(C)CC3)cc2C)N(C)C)c1. The van der Waals surface area contributed by atoms with E-state index >= 15 is 0 Å². The number of ether oxygens (including phenoxy) is 1. The van der Waals surface area contributed by atoms with Gasteiger partial charge in [-0.3, -0.25) is 4.79 Å². The number of nitrogens with one attached hydrogen (secondary N) is 2. The van der Waals surface area contributed by atoms with E-state index in [1.54, 1.807) is 19.2 Å². The number of anilines is 1. The van der Waals surface area contributed by atoms with E-state index < -0.39 is 0 Å². The first-order chi connectivity index (χ1) is 15.8. The highest BCUT2D eigenvalue weighted by molar-refractivity contribution is 5.96. The number of carbonyl (C=O) groups excluding carboxylic acids is 2. The van der Waals surface area contributed by atoms with E-state index in [0.29, 0.717) is 23.7 Å². The second-order valence-electron chi connectivity index (χ2n) is 9.10. The smallest absolute Gasteiger partial charge is 0.319 e. The fraction of sp³-hybridized carbons (Fsp3) is 0.462. The average Bonchev–Trinajstić information content (AvgIpc) is 2.80. The fourth-order valence-electron chi connectivity index (χ4n) is 4.13. The summed E-state index contributed by atoms with van der Waals surface area (Å²) in [6, 6.07) is 13.0. The van der Waals surface area contributed by atoms with Crippen LogP contribution in [0.15, 0.2) is 42.5 Å². The zero-order valence-corrected chi connectivity index (χ0v) is 20.4. The lowest BCUT2D eigenvalue weighted by Crippen LogP contribution is -2.38. The van der Waals surface area contributed by atoms with Crippen molar-refractivity contribution in [3.63, 3.8) is 0 Å². The van der Waals surface area contributed by atoms with Gasteiger partial charge in [0, 0.05) is 30.9 Å². The number of rotatable bonds is 7. The van der Waals surface area contributed by atoms with Crippen LogP contribution >= 0.6 is 0 Å². The molecule has 1 saturated heterocycles.